The molecule has 0 bridgehead atoms. The fourth-order valence-electron chi connectivity index (χ4n) is 3.83. The topological polar surface area (TPSA) is 66.4 Å². The third-order valence-electron chi connectivity index (χ3n) is 5.79. The molecule has 0 radical (unpaired) electrons. The Morgan fingerprint density at radius 2 is 1.81 bits per heavy atom. The highest BCUT2D eigenvalue weighted by atomic mass is 19.4. The number of carboxylic acids is 1. The number of carbonyl (C=O) groups is 2. The van der Waals surface area contributed by atoms with Crippen molar-refractivity contribution < 1.29 is 32.3 Å². The van der Waals surface area contributed by atoms with E-state index in [1.807, 2.05) is 6.92 Å². The molecular formula is C24H29F4NO3. The zero-order valence-corrected chi connectivity index (χ0v) is 18.4. The van der Waals surface area contributed by atoms with Crippen molar-refractivity contribution in [2.75, 3.05) is 0 Å². The largest absolute Gasteiger partial charge is 0.481 e. The summed E-state index contributed by atoms with van der Waals surface area (Å²) in [6, 6.07) is 6.40. The zero-order valence-electron chi connectivity index (χ0n) is 18.4. The maximum absolute atomic E-state index is 14.5. The van der Waals surface area contributed by atoms with Crippen LogP contribution in [-0.2, 0) is 16.0 Å². The number of aliphatic carboxylic acids is 1. The van der Waals surface area contributed by atoms with E-state index in [1.54, 1.807) is 18.2 Å². The average Bonchev–Trinajstić information content (AvgIpc) is 2.73. The van der Waals surface area contributed by atoms with Gasteiger partial charge in [0.15, 0.2) is 0 Å². The van der Waals surface area contributed by atoms with Crippen molar-refractivity contribution in [2.24, 2.45) is 11.8 Å². The Hall–Kier alpha value is -2.64. The number of carbonyl (C=O) groups excluding carboxylic acids is 1. The monoisotopic (exact) mass is 455 g/mol. The van der Waals surface area contributed by atoms with Gasteiger partial charge in [-0.3, -0.25) is 9.59 Å². The van der Waals surface area contributed by atoms with E-state index in [0.29, 0.717) is 12.0 Å². The fraction of sp³-hybridized carbons (Fsp3) is 0.500. The average molecular weight is 455 g/mol. The van der Waals surface area contributed by atoms with Crippen LogP contribution in [0.2, 0.25) is 0 Å². The quantitative estimate of drug-likeness (QED) is 0.470. The minimum atomic E-state index is -4.61. The van der Waals surface area contributed by atoms with Crippen LogP contribution in [0.1, 0.15) is 57.1 Å². The van der Waals surface area contributed by atoms with E-state index >= 15 is 0 Å². The van der Waals surface area contributed by atoms with Crippen molar-refractivity contribution in [1.29, 1.82) is 0 Å². The Morgan fingerprint density at radius 3 is 2.31 bits per heavy atom. The highest BCUT2D eigenvalue weighted by molar-refractivity contribution is 5.86. The van der Waals surface area contributed by atoms with Crippen LogP contribution in [-0.4, -0.2) is 29.3 Å². The second-order valence-corrected chi connectivity index (χ2v) is 8.14. The number of amides is 1. The molecule has 4 atom stereocenters. The lowest BCUT2D eigenvalue weighted by Crippen LogP contribution is -2.40. The van der Waals surface area contributed by atoms with Gasteiger partial charge in [0.05, 0.1) is 23.5 Å². The first-order valence-corrected chi connectivity index (χ1v) is 10.7. The van der Waals surface area contributed by atoms with E-state index in [1.165, 1.54) is 32.1 Å². The van der Waals surface area contributed by atoms with Gasteiger partial charge in [-0.15, -0.1) is 0 Å². The molecular weight excluding hydrogens is 426 g/mol. The van der Waals surface area contributed by atoms with Gasteiger partial charge in [0.25, 0.3) is 0 Å². The van der Waals surface area contributed by atoms with Crippen LogP contribution < -0.4 is 5.32 Å². The van der Waals surface area contributed by atoms with Gasteiger partial charge < -0.3 is 10.4 Å². The first kappa shape index (κ1) is 25.6. The molecule has 2 N–H and O–H groups in total. The van der Waals surface area contributed by atoms with E-state index in [0.717, 1.165) is 5.56 Å². The van der Waals surface area contributed by atoms with E-state index < -0.39 is 42.0 Å². The number of hydrogen-bond donors (Lipinski definition) is 2. The predicted molar refractivity (Wildman–Crippen MR) is 114 cm³/mol. The molecule has 0 heterocycles. The van der Waals surface area contributed by atoms with Gasteiger partial charge in [-0.05, 0) is 42.0 Å². The summed E-state index contributed by atoms with van der Waals surface area (Å²) in [5.74, 6) is -6.13. The van der Waals surface area contributed by atoms with Crippen LogP contribution >= 0.6 is 0 Å². The van der Waals surface area contributed by atoms with Crippen molar-refractivity contribution in [3.05, 3.63) is 58.8 Å². The molecule has 176 valence electrons. The van der Waals surface area contributed by atoms with Crippen molar-refractivity contribution in [3.63, 3.8) is 0 Å². The number of halogens is 4. The standard InChI is InChI=1S/C24H29F4NO3/c1-4-15-6-9-17(10-7-15)21(18(5-2)24(26,27)28)22(30)29-20-13-16(8-11-19(20)25)12-14(3)23(31)32/h6-10,13-14,18-19,21H,4-5,11-12H2,1-3H3,(H,29,30)(H,31,32)/t14-,18-,19?,21-/m1/s1. The molecule has 0 fully saturated rings. The molecule has 1 aromatic carbocycles. The number of alkyl halides is 4. The molecule has 1 amide bonds. The van der Waals surface area contributed by atoms with Crippen molar-refractivity contribution in [1.82, 2.24) is 5.32 Å². The third kappa shape index (κ3) is 6.43. The maximum Gasteiger partial charge on any atom is 0.392 e. The second kappa shape index (κ2) is 10.8. The first-order valence-electron chi connectivity index (χ1n) is 10.7. The van der Waals surface area contributed by atoms with Gasteiger partial charge >= 0.3 is 12.1 Å². The van der Waals surface area contributed by atoms with Crippen LogP contribution in [0.4, 0.5) is 17.6 Å². The minimum absolute atomic E-state index is 0.0832. The van der Waals surface area contributed by atoms with E-state index in [4.69, 9.17) is 5.11 Å². The second-order valence-electron chi connectivity index (χ2n) is 8.14. The number of nitrogens with one attached hydrogen (secondary N) is 1. The summed E-state index contributed by atoms with van der Waals surface area (Å²) in [6.45, 7) is 4.78. The summed E-state index contributed by atoms with van der Waals surface area (Å²) >= 11 is 0. The predicted octanol–water partition coefficient (Wildman–Crippen LogP) is 5.70. The highest BCUT2D eigenvalue weighted by Gasteiger charge is 2.47. The summed E-state index contributed by atoms with van der Waals surface area (Å²) in [5.41, 5.74) is 1.52. The Balaban J connectivity index is 2.35. The molecule has 8 heteroatoms. The van der Waals surface area contributed by atoms with Gasteiger partial charge in [0, 0.05) is 6.42 Å². The SMILES string of the molecule is CCc1ccc([C@@H](C(=O)NC2=CC(C[C@@H](C)C(=O)O)=CCC2F)[C@@H](CC)C(F)(F)F)cc1. The molecule has 0 saturated carbocycles. The number of aryl methyl sites for hydroxylation is 1. The highest BCUT2D eigenvalue weighted by Crippen LogP contribution is 2.40. The molecule has 4 nitrogen and oxygen atoms in total. The van der Waals surface area contributed by atoms with Crippen LogP contribution in [0.3, 0.4) is 0 Å². The van der Waals surface area contributed by atoms with Crippen molar-refractivity contribution >= 4 is 11.9 Å². The lowest BCUT2D eigenvalue weighted by Gasteiger charge is -2.29. The maximum atomic E-state index is 14.5. The normalized spacial score (nSPS) is 19.4. The Kier molecular flexibility index (Phi) is 8.64. The van der Waals surface area contributed by atoms with Crippen LogP contribution in [0.25, 0.3) is 0 Å². The van der Waals surface area contributed by atoms with Crippen LogP contribution in [0, 0.1) is 11.8 Å². The Morgan fingerprint density at radius 1 is 1.19 bits per heavy atom. The summed E-state index contributed by atoms with van der Waals surface area (Å²) in [5, 5.41) is 11.5. The number of allylic oxidation sites excluding steroid dienone is 4. The Labute approximate surface area is 185 Å². The number of carboxylic acid groups (broad SMARTS) is 1. The minimum Gasteiger partial charge on any atom is -0.481 e. The summed E-state index contributed by atoms with van der Waals surface area (Å²) in [7, 11) is 0. The van der Waals surface area contributed by atoms with Gasteiger partial charge in [-0.1, -0.05) is 51.1 Å². The third-order valence-corrected chi connectivity index (χ3v) is 5.79. The number of benzene rings is 1. The summed E-state index contributed by atoms with van der Waals surface area (Å²) < 4.78 is 55.8. The molecule has 0 saturated heterocycles. The summed E-state index contributed by atoms with van der Waals surface area (Å²) in [4.78, 5) is 24.2. The van der Waals surface area contributed by atoms with Gasteiger partial charge in [-0.2, -0.15) is 13.2 Å². The van der Waals surface area contributed by atoms with Crippen molar-refractivity contribution in [3.8, 4) is 0 Å². The number of hydrogen-bond acceptors (Lipinski definition) is 2. The molecule has 0 aromatic heterocycles. The molecule has 2 rings (SSSR count). The Bertz CT molecular complexity index is 874. The fourth-order valence-corrected chi connectivity index (χ4v) is 3.83. The van der Waals surface area contributed by atoms with Crippen LogP contribution in [0.5, 0.6) is 0 Å². The number of rotatable bonds is 9. The zero-order chi connectivity index (χ0) is 24.1. The smallest absolute Gasteiger partial charge is 0.392 e. The van der Waals surface area contributed by atoms with Gasteiger partial charge in [-0.25, -0.2) is 4.39 Å². The molecule has 0 spiro atoms. The van der Waals surface area contributed by atoms with E-state index in [2.05, 4.69) is 5.32 Å². The lowest BCUT2D eigenvalue weighted by atomic mass is 9.82. The molecule has 32 heavy (non-hydrogen) atoms. The van der Waals surface area contributed by atoms with Crippen molar-refractivity contribution in [2.45, 2.75) is 64.7 Å². The molecule has 1 unspecified atom stereocenters. The van der Waals surface area contributed by atoms with Gasteiger partial charge in [0.2, 0.25) is 5.91 Å². The van der Waals surface area contributed by atoms with E-state index in [-0.39, 0.29) is 30.5 Å². The molecule has 1 aliphatic rings. The first-order chi connectivity index (χ1) is 15.0. The van der Waals surface area contributed by atoms with Gasteiger partial charge in [0.1, 0.15) is 6.17 Å². The lowest BCUT2D eigenvalue weighted by molar-refractivity contribution is -0.184. The molecule has 1 aromatic rings. The molecule has 1 aliphatic carbocycles. The molecule has 0 aliphatic heterocycles. The van der Waals surface area contributed by atoms with Crippen LogP contribution in [0.15, 0.2) is 47.7 Å². The van der Waals surface area contributed by atoms with E-state index in [9.17, 15) is 27.2 Å². The summed E-state index contributed by atoms with van der Waals surface area (Å²) in [6.07, 6.45) is -2.88.